The summed E-state index contributed by atoms with van der Waals surface area (Å²) in [6.45, 7) is 3.63. The van der Waals surface area contributed by atoms with Crippen LogP contribution in [0.3, 0.4) is 0 Å². The van der Waals surface area contributed by atoms with Crippen molar-refractivity contribution in [2.75, 3.05) is 40.1 Å². The van der Waals surface area contributed by atoms with Crippen molar-refractivity contribution in [3.05, 3.63) is 34.9 Å². The Morgan fingerprint density at radius 2 is 2.10 bits per heavy atom. The molecule has 0 bridgehead atoms. The van der Waals surface area contributed by atoms with E-state index < -0.39 is 0 Å². The van der Waals surface area contributed by atoms with Gasteiger partial charge in [-0.15, -0.1) is 0 Å². The number of aliphatic hydroxyl groups is 1. The molecule has 0 spiro atoms. The van der Waals surface area contributed by atoms with Crippen molar-refractivity contribution in [2.24, 2.45) is 0 Å². The average Bonchev–Trinajstić information content (AvgIpc) is 2.48. The highest BCUT2D eigenvalue weighted by Gasteiger charge is 2.06. The molecule has 1 amide bonds. The van der Waals surface area contributed by atoms with Gasteiger partial charge in [-0.3, -0.25) is 4.79 Å². The number of carbonyl (C=O) groups excluding carboxylic acids is 1. The molecule has 0 fully saturated rings. The maximum absolute atomic E-state index is 12.0. The fourth-order valence-electron chi connectivity index (χ4n) is 1.71. The van der Waals surface area contributed by atoms with Crippen LogP contribution in [-0.2, 0) is 9.47 Å². The zero-order chi connectivity index (χ0) is 15.5. The fraction of sp³-hybridized carbons (Fsp3) is 0.438. The van der Waals surface area contributed by atoms with Gasteiger partial charge in [0.05, 0.1) is 19.8 Å². The van der Waals surface area contributed by atoms with Gasteiger partial charge in [-0.05, 0) is 30.7 Å². The topological polar surface area (TPSA) is 67.8 Å². The summed E-state index contributed by atoms with van der Waals surface area (Å²) in [6.07, 6.45) is 0. The van der Waals surface area contributed by atoms with Crippen molar-refractivity contribution < 1.29 is 19.4 Å². The second-order valence-corrected chi connectivity index (χ2v) is 4.41. The van der Waals surface area contributed by atoms with E-state index in [1.807, 2.05) is 13.0 Å². The minimum atomic E-state index is -0.200. The third-order valence-corrected chi connectivity index (χ3v) is 2.62. The molecule has 0 radical (unpaired) electrons. The van der Waals surface area contributed by atoms with Gasteiger partial charge in [0.2, 0.25) is 0 Å². The highest BCUT2D eigenvalue weighted by molar-refractivity contribution is 5.94. The number of hydrogen-bond acceptors (Lipinski definition) is 4. The molecule has 0 saturated carbocycles. The van der Waals surface area contributed by atoms with Gasteiger partial charge in [0, 0.05) is 24.8 Å². The third-order valence-electron chi connectivity index (χ3n) is 2.62. The van der Waals surface area contributed by atoms with Gasteiger partial charge in [-0.25, -0.2) is 0 Å². The Morgan fingerprint density at radius 1 is 1.29 bits per heavy atom. The van der Waals surface area contributed by atoms with E-state index >= 15 is 0 Å². The number of aryl methyl sites for hydroxylation is 1. The lowest BCUT2D eigenvalue weighted by Crippen LogP contribution is -2.27. The summed E-state index contributed by atoms with van der Waals surface area (Å²) in [4.78, 5) is 12.0. The summed E-state index contributed by atoms with van der Waals surface area (Å²) < 4.78 is 10.1. The number of nitrogens with one attached hydrogen (secondary N) is 1. The molecule has 5 heteroatoms. The molecule has 0 heterocycles. The first kappa shape index (κ1) is 17.2. The maximum Gasteiger partial charge on any atom is 0.251 e. The van der Waals surface area contributed by atoms with Gasteiger partial charge in [-0.2, -0.15) is 0 Å². The monoisotopic (exact) mass is 291 g/mol. The molecule has 1 aromatic rings. The van der Waals surface area contributed by atoms with Crippen molar-refractivity contribution in [3.63, 3.8) is 0 Å². The Labute approximate surface area is 125 Å². The van der Waals surface area contributed by atoms with Crippen LogP contribution in [0.25, 0.3) is 0 Å². The molecular formula is C16H21NO4. The van der Waals surface area contributed by atoms with Gasteiger partial charge in [-0.1, -0.05) is 11.8 Å². The summed E-state index contributed by atoms with van der Waals surface area (Å²) in [5, 5.41) is 11.5. The lowest BCUT2D eigenvalue weighted by Gasteiger charge is -2.07. The van der Waals surface area contributed by atoms with Crippen LogP contribution in [0.2, 0.25) is 0 Å². The fourth-order valence-corrected chi connectivity index (χ4v) is 1.71. The summed E-state index contributed by atoms with van der Waals surface area (Å²) >= 11 is 0. The SMILES string of the molecule is COCCOCCNC(=O)c1cc(C)cc(C#CCO)c1. The first-order valence-electron chi connectivity index (χ1n) is 6.73. The third kappa shape index (κ3) is 6.91. The van der Waals surface area contributed by atoms with Crippen molar-refractivity contribution in [3.8, 4) is 11.8 Å². The predicted molar refractivity (Wildman–Crippen MR) is 80.2 cm³/mol. The zero-order valence-corrected chi connectivity index (χ0v) is 12.4. The number of benzene rings is 1. The van der Waals surface area contributed by atoms with Crippen LogP contribution in [0.15, 0.2) is 18.2 Å². The first-order valence-corrected chi connectivity index (χ1v) is 6.73. The molecule has 0 aliphatic rings. The van der Waals surface area contributed by atoms with E-state index in [0.717, 1.165) is 5.56 Å². The summed E-state index contributed by atoms with van der Waals surface area (Å²) in [5.74, 6) is 5.21. The molecule has 5 nitrogen and oxygen atoms in total. The number of hydrogen-bond donors (Lipinski definition) is 2. The van der Waals surface area contributed by atoms with Gasteiger partial charge in [0.25, 0.3) is 5.91 Å². The van der Waals surface area contributed by atoms with Gasteiger partial charge >= 0.3 is 0 Å². The Kier molecular flexibility index (Phi) is 8.14. The lowest BCUT2D eigenvalue weighted by molar-refractivity contribution is 0.0692. The molecule has 0 aromatic heterocycles. The van der Waals surface area contributed by atoms with Gasteiger partial charge in [0.15, 0.2) is 0 Å². The molecule has 114 valence electrons. The minimum Gasteiger partial charge on any atom is -0.384 e. The normalized spacial score (nSPS) is 9.86. The summed E-state index contributed by atoms with van der Waals surface area (Å²) in [7, 11) is 1.61. The number of rotatable bonds is 7. The molecule has 0 unspecified atom stereocenters. The molecule has 0 aliphatic carbocycles. The van der Waals surface area contributed by atoms with Crippen LogP contribution in [0.4, 0.5) is 0 Å². The summed E-state index contributed by atoms with van der Waals surface area (Å²) in [6, 6.07) is 5.37. The molecule has 0 atom stereocenters. The zero-order valence-electron chi connectivity index (χ0n) is 12.4. The Bertz CT molecular complexity index is 517. The first-order chi connectivity index (χ1) is 10.2. The molecular weight excluding hydrogens is 270 g/mol. The van der Waals surface area contributed by atoms with Gasteiger partial charge < -0.3 is 19.9 Å². The Morgan fingerprint density at radius 3 is 2.81 bits per heavy atom. The number of amides is 1. The Hall–Kier alpha value is -1.87. The van der Waals surface area contributed by atoms with E-state index in [1.54, 1.807) is 19.2 Å². The quantitative estimate of drug-likeness (QED) is 0.574. The van der Waals surface area contributed by atoms with Crippen LogP contribution in [0.1, 0.15) is 21.5 Å². The van der Waals surface area contributed by atoms with Gasteiger partial charge in [0.1, 0.15) is 6.61 Å². The molecule has 2 N–H and O–H groups in total. The van der Waals surface area contributed by atoms with E-state index in [0.29, 0.717) is 37.5 Å². The van der Waals surface area contributed by atoms with Crippen LogP contribution >= 0.6 is 0 Å². The number of methoxy groups -OCH3 is 1. The largest absolute Gasteiger partial charge is 0.384 e. The van der Waals surface area contributed by atoms with E-state index in [2.05, 4.69) is 17.2 Å². The molecule has 0 saturated heterocycles. The van der Waals surface area contributed by atoms with E-state index in [4.69, 9.17) is 14.6 Å². The van der Waals surface area contributed by atoms with Crippen molar-refractivity contribution in [1.29, 1.82) is 0 Å². The number of aliphatic hydroxyl groups excluding tert-OH is 1. The van der Waals surface area contributed by atoms with Crippen LogP contribution < -0.4 is 5.32 Å². The van der Waals surface area contributed by atoms with Crippen LogP contribution in [0, 0.1) is 18.8 Å². The average molecular weight is 291 g/mol. The Balaban J connectivity index is 2.51. The molecule has 21 heavy (non-hydrogen) atoms. The highest BCUT2D eigenvalue weighted by Crippen LogP contribution is 2.09. The predicted octanol–water partition coefficient (Wildman–Crippen LogP) is 0.732. The van der Waals surface area contributed by atoms with Crippen LogP contribution in [0.5, 0.6) is 0 Å². The van der Waals surface area contributed by atoms with Crippen molar-refractivity contribution >= 4 is 5.91 Å². The standard InChI is InChI=1S/C16H21NO4/c1-13-10-14(4-3-6-18)12-15(11-13)16(19)17-5-7-21-9-8-20-2/h10-12,18H,5-9H2,1-2H3,(H,17,19). The second kappa shape index (κ2) is 9.94. The van der Waals surface area contributed by atoms with E-state index in [1.165, 1.54) is 0 Å². The van der Waals surface area contributed by atoms with Crippen LogP contribution in [-0.4, -0.2) is 51.1 Å². The summed E-state index contributed by atoms with van der Waals surface area (Å²) in [5.41, 5.74) is 2.21. The molecule has 1 rings (SSSR count). The number of ether oxygens (including phenoxy) is 2. The number of carbonyl (C=O) groups is 1. The van der Waals surface area contributed by atoms with E-state index in [-0.39, 0.29) is 12.5 Å². The van der Waals surface area contributed by atoms with Crippen molar-refractivity contribution in [2.45, 2.75) is 6.92 Å². The smallest absolute Gasteiger partial charge is 0.251 e. The van der Waals surface area contributed by atoms with E-state index in [9.17, 15) is 4.79 Å². The highest BCUT2D eigenvalue weighted by atomic mass is 16.5. The lowest BCUT2D eigenvalue weighted by atomic mass is 10.1. The van der Waals surface area contributed by atoms with Crippen molar-refractivity contribution in [1.82, 2.24) is 5.32 Å². The molecule has 1 aromatic carbocycles. The maximum atomic E-state index is 12.0. The minimum absolute atomic E-state index is 0.166. The molecule has 0 aliphatic heterocycles. The second-order valence-electron chi connectivity index (χ2n) is 4.41.